The first-order chi connectivity index (χ1) is 16.7. The van der Waals surface area contributed by atoms with E-state index in [0.29, 0.717) is 41.1 Å². The van der Waals surface area contributed by atoms with E-state index in [1.54, 1.807) is 4.90 Å². The normalized spacial score (nSPS) is 16.1. The average molecular weight is 513 g/mol. The summed E-state index contributed by atoms with van der Waals surface area (Å²) in [4.78, 5) is 20.3. The van der Waals surface area contributed by atoms with E-state index in [1.165, 1.54) is 11.8 Å². The van der Waals surface area contributed by atoms with Crippen molar-refractivity contribution in [2.75, 3.05) is 6.61 Å². The predicted molar refractivity (Wildman–Crippen MR) is 147 cm³/mol. The van der Waals surface area contributed by atoms with Crippen LogP contribution in [0, 0.1) is 0 Å². The van der Waals surface area contributed by atoms with E-state index < -0.39 is 0 Å². The van der Waals surface area contributed by atoms with E-state index in [0.717, 1.165) is 21.9 Å². The molecule has 0 aliphatic carbocycles. The summed E-state index contributed by atoms with van der Waals surface area (Å²) in [5.74, 6) is 1.29. The molecule has 0 atom stereocenters. The third-order valence-electron chi connectivity index (χ3n) is 5.13. The van der Waals surface area contributed by atoms with Crippen LogP contribution in [0.4, 0.5) is 0 Å². The molecule has 0 bridgehead atoms. The van der Waals surface area contributed by atoms with Gasteiger partial charge in [-0.3, -0.25) is 14.7 Å². The number of thioether (sulfide) groups is 1. The van der Waals surface area contributed by atoms with Gasteiger partial charge in [-0.15, -0.1) is 6.58 Å². The summed E-state index contributed by atoms with van der Waals surface area (Å²) in [5.41, 5.74) is 2.82. The van der Waals surface area contributed by atoms with E-state index in [9.17, 15) is 4.79 Å². The van der Waals surface area contributed by atoms with Crippen LogP contribution in [0.1, 0.15) is 51.3 Å². The van der Waals surface area contributed by atoms with Crippen LogP contribution in [0.25, 0.3) is 6.08 Å². The first-order valence-corrected chi connectivity index (χ1v) is 13.0. The monoisotopic (exact) mass is 512 g/mol. The minimum atomic E-state index is -0.0318. The fourth-order valence-electron chi connectivity index (χ4n) is 3.64. The predicted octanol–water partition coefficient (Wildman–Crippen LogP) is 7.14. The topological polar surface area (TPSA) is 51.1 Å². The van der Waals surface area contributed by atoms with Gasteiger partial charge in [0.2, 0.25) is 0 Å². The molecule has 35 heavy (non-hydrogen) atoms. The molecule has 2 aromatic rings. The number of rotatable bonds is 10. The molecule has 1 amide bonds. The number of halogens is 1. The van der Waals surface area contributed by atoms with E-state index in [4.69, 9.17) is 21.1 Å². The Morgan fingerprint density at radius 3 is 2.46 bits per heavy atom. The van der Waals surface area contributed by atoms with Gasteiger partial charge in [0.25, 0.3) is 5.91 Å². The Morgan fingerprint density at radius 2 is 1.86 bits per heavy atom. The van der Waals surface area contributed by atoms with Crippen LogP contribution in [0.5, 0.6) is 11.5 Å². The van der Waals surface area contributed by atoms with E-state index in [-0.39, 0.29) is 18.0 Å². The minimum Gasteiger partial charge on any atom is -0.490 e. The molecule has 1 aliphatic heterocycles. The molecule has 3 rings (SSSR count). The SMILES string of the molecule is C=CCc1cc(/C=C2/SC(=NC(C)C)N(C(C)C)C2=O)cc(OCC)c1OCc1ccc(Cl)cc1. The van der Waals surface area contributed by atoms with Gasteiger partial charge in [-0.2, -0.15) is 0 Å². The number of hydrogen-bond acceptors (Lipinski definition) is 5. The Morgan fingerprint density at radius 1 is 1.14 bits per heavy atom. The smallest absolute Gasteiger partial charge is 0.266 e. The van der Waals surface area contributed by atoms with Crippen molar-refractivity contribution in [2.24, 2.45) is 4.99 Å². The number of allylic oxidation sites excluding steroid dienone is 1. The van der Waals surface area contributed by atoms with Crippen molar-refractivity contribution in [3.63, 3.8) is 0 Å². The van der Waals surface area contributed by atoms with Crippen LogP contribution in [-0.2, 0) is 17.8 Å². The Bertz CT molecular complexity index is 1120. The molecule has 0 unspecified atom stereocenters. The highest BCUT2D eigenvalue weighted by atomic mass is 35.5. The van der Waals surface area contributed by atoms with E-state index in [1.807, 2.05) is 83.2 Å². The second-order valence-electron chi connectivity index (χ2n) is 8.73. The number of carbonyl (C=O) groups is 1. The molecular formula is C28H33ClN2O3S. The van der Waals surface area contributed by atoms with Crippen molar-refractivity contribution in [3.8, 4) is 11.5 Å². The van der Waals surface area contributed by atoms with Crippen molar-refractivity contribution in [1.29, 1.82) is 0 Å². The summed E-state index contributed by atoms with van der Waals surface area (Å²) in [6.07, 6.45) is 4.34. The number of nitrogens with zero attached hydrogens (tertiary/aromatic N) is 2. The van der Waals surface area contributed by atoms with Crippen LogP contribution in [0.2, 0.25) is 5.02 Å². The van der Waals surface area contributed by atoms with Gasteiger partial charge in [0.1, 0.15) is 6.61 Å². The Kier molecular flexibility index (Phi) is 9.47. The van der Waals surface area contributed by atoms with E-state index >= 15 is 0 Å². The molecule has 186 valence electrons. The number of amidine groups is 1. The van der Waals surface area contributed by atoms with Crippen LogP contribution < -0.4 is 9.47 Å². The zero-order valence-electron chi connectivity index (χ0n) is 21.0. The number of amides is 1. The quantitative estimate of drug-likeness (QED) is 0.251. The second kappa shape index (κ2) is 12.3. The molecule has 0 saturated carbocycles. The van der Waals surface area contributed by atoms with Gasteiger partial charge in [-0.25, -0.2) is 0 Å². The van der Waals surface area contributed by atoms with E-state index in [2.05, 4.69) is 11.6 Å². The number of ether oxygens (including phenoxy) is 2. The molecule has 1 aliphatic rings. The summed E-state index contributed by atoms with van der Waals surface area (Å²) in [6.45, 7) is 14.7. The third-order valence-corrected chi connectivity index (χ3v) is 6.38. The van der Waals surface area contributed by atoms with Crippen molar-refractivity contribution in [3.05, 3.63) is 75.7 Å². The van der Waals surface area contributed by atoms with Crippen molar-refractivity contribution in [1.82, 2.24) is 4.90 Å². The summed E-state index contributed by atoms with van der Waals surface area (Å²) in [7, 11) is 0. The Labute approximate surface area is 217 Å². The van der Waals surface area contributed by atoms with Gasteiger partial charge in [0.15, 0.2) is 16.7 Å². The molecule has 0 aromatic heterocycles. The zero-order chi connectivity index (χ0) is 25.5. The van der Waals surface area contributed by atoms with Gasteiger partial charge >= 0.3 is 0 Å². The molecule has 1 saturated heterocycles. The van der Waals surface area contributed by atoms with Gasteiger partial charge in [-0.1, -0.05) is 29.8 Å². The molecule has 0 radical (unpaired) electrons. The number of aliphatic imine (C=N–C) groups is 1. The highest BCUT2D eigenvalue weighted by Crippen LogP contribution is 2.38. The maximum atomic E-state index is 13.2. The van der Waals surface area contributed by atoms with Crippen LogP contribution in [-0.4, -0.2) is 34.7 Å². The van der Waals surface area contributed by atoms with Crippen molar-refractivity contribution >= 4 is 40.5 Å². The summed E-state index contributed by atoms with van der Waals surface area (Å²) >= 11 is 7.42. The van der Waals surface area contributed by atoms with Crippen molar-refractivity contribution in [2.45, 2.75) is 59.7 Å². The first kappa shape index (κ1) is 26.9. The van der Waals surface area contributed by atoms with Gasteiger partial charge in [0, 0.05) is 22.7 Å². The van der Waals surface area contributed by atoms with Crippen LogP contribution in [0.3, 0.4) is 0 Å². The lowest BCUT2D eigenvalue weighted by Gasteiger charge is -2.20. The number of hydrogen-bond donors (Lipinski definition) is 0. The zero-order valence-corrected chi connectivity index (χ0v) is 22.6. The largest absolute Gasteiger partial charge is 0.490 e. The lowest BCUT2D eigenvalue weighted by molar-refractivity contribution is -0.123. The molecule has 0 N–H and O–H groups in total. The first-order valence-electron chi connectivity index (χ1n) is 11.8. The minimum absolute atomic E-state index is 0.0253. The fraction of sp³-hybridized carbons (Fsp3) is 0.357. The summed E-state index contributed by atoms with van der Waals surface area (Å²) in [5, 5.41) is 1.43. The third kappa shape index (κ3) is 6.92. The average Bonchev–Trinajstić information content (AvgIpc) is 3.08. The van der Waals surface area contributed by atoms with Crippen LogP contribution >= 0.6 is 23.4 Å². The Balaban J connectivity index is 1.98. The summed E-state index contributed by atoms with van der Waals surface area (Å²) < 4.78 is 12.2. The van der Waals surface area contributed by atoms with Gasteiger partial charge < -0.3 is 9.47 Å². The lowest BCUT2D eigenvalue weighted by atomic mass is 10.0. The Hall–Kier alpha value is -2.70. The van der Waals surface area contributed by atoms with Gasteiger partial charge in [-0.05, 0) is 94.3 Å². The highest BCUT2D eigenvalue weighted by molar-refractivity contribution is 8.18. The summed E-state index contributed by atoms with van der Waals surface area (Å²) in [6, 6.07) is 11.6. The molecule has 1 heterocycles. The lowest BCUT2D eigenvalue weighted by Crippen LogP contribution is -2.35. The number of benzene rings is 2. The molecule has 5 nitrogen and oxygen atoms in total. The maximum absolute atomic E-state index is 13.2. The van der Waals surface area contributed by atoms with Crippen LogP contribution in [0.15, 0.2) is 59.0 Å². The second-order valence-corrected chi connectivity index (χ2v) is 10.2. The molecule has 2 aromatic carbocycles. The van der Waals surface area contributed by atoms with Crippen molar-refractivity contribution < 1.29 is 14.3 Å². The molecule has 1 fully saturated rings. The fourth-order valence-corrected chi connectivity index (χ4v) is 5.00. The molecule has 7 heteroatoms. The highest BCUT2D eigenvalue weighted by Gasteiger charge is 2.35. The standard InChI is InChI=1S/C28H33ClN2O3S/c1-7-9-22-14-21(16-25-27(32)31(19(5)6)28(35-25)30-18(3)4)15-24(33-8-2)26(22)34-17-20-10-12-23(29)13-11-20/h7,10-16,18-19H,1,8-9,17H2,2-6H3/b25-16+,30-28?. The molecular weight excluding hydrogens is 480 g/mol. The van der Waals surface area contributed by atoms with Gasteiger partial charge in [0.05, 0.1) is 11.5 Å². The number of carbonyl (C=O) groups excluding carboxylic acids is 1. The maximum Gasteiger partial charge on any atom is 0.266 e. The molecule has 0 spiro atoms.